The Labute approximate surface area is 112 Å². The smallest absolute Gasteiger partial charge is 0.0701 e. The molecule has 1 N–H and O–H groups in total. The molecular weight excluding hydrogens is 282 g/mol. The van der Waals surface area contributed by atoms with Crippen molar-refractivity contribution in [2.75, 3.05) is 6.54 Å². The highest BCUT2D eigenvalue weighted by Gasteiger charge is 2.01. The summed E-state index contributed by atoms with van der Waals surface area (Å²) < 4.78 is 1.23. The van der Waals surface area contributed by atoms with Gasteiger partial charge in [-0.1, -0.05) is 26.2 Å². The van der Waals surface area contributed by atoms with E-state index in [9.17, 15) is 0 Å². The van der Waals surface area contributed by atoms with Gasteiger partial charge in [0, 0.05) is 17.5 Å². The summed E-state index contributed by atoms with van der Waals surface area (Å²) in [6, 6.07) is 5.00. The Bertz CT molecular complexity index is 285. The Hall–Kier alpha value is 0.140. The fourth-order valence-electron chi connectivity index (χ4n) is 1.73. The molecule has 16 heavy (non-hydrogen) atoms. The zero-order valence-corrected chi connectivity index (χ0v) is 12.7. The van der Waals surface area contributed by atoms with Crippen LogP contribution in [0.5, 0.6) is 0 Å². The van der Waals surface area contributed by atoms with Gasteiger partial charge in [-0.2, -0.15) is 0 Å². The normalized spacial score (nSPS) is 12.9. The second-order valence-corrected chi connectivity index (χ2v) is 6.85. The predicted molar refractivity (Wildman–Crippen MR) is 77.3 cm³/mol. The minimum atomic E-state index is 0.662. The maximum atomic E-state index is 3.59. The summed E-state index contributed by atoms with van der Waals surface area (Å²) in [5.41, 5.74) is 0. The van der Waals surface area contributed by atoms with Crippen LogP contribution in [-0.2, 0) is 6.42 Å². The standard InChI is InChI=1S/C13H22BrNS/c1-3-4-5-6-11(2)15-10-9-12-7-8-13(14)16-12/h7-8,11,15H,3-6,9-10H2,1-2H3. The number of rotatable bonds is 8. The molecule has 0 radical (unpaired) electrons. The summed E-state index contributed by atoms with van der Waals surface area (Å²) in [4.78, 5) is 1.46. The third-order valence-electron chi connectivity index (χ3n) is 2.73. The van der Waals surface area contributed by atoms with Gasteiger partial charge in [-0.05, 0) is 47.8 Å². The minimum absolute atomic E-state index is 0.662. The van der Waals surface area contributed by atoms with E-state index in [1.165, 1.54) is 34.3 Å². The Morgan fingerprint density at radius 1 is 1.38 bits per heavy atom. The number of nitrogens with one attached hydrogen (secondary N) is 1. The third-order valence-corrected chi connectivity index (χ3v) is 4.42. The van der Waals surface area contributed by atoms with Crippen molar-refractivity contribution in [2.45, 2.75) is 52.0 Å². The summed E-state index contributed by atoms with van der Waals surface area (Å²) in [5, 5.41) is 3.59. The lowest BCUT2D eigenvalue weighted by atomic mass is 10.1. The molecule has 0 aromatic carbocycles. The molecule has 1 aromatic rings. The van der Waals surface area contributed by atoms with Gasteiger partial charge in [-0.25, -0.2) is 0 Å². The molecular formula is C13H22BrNS. The number of hydrogen-bond donors (Lipinski definition) is 1. The van der Waals surface area contributed by atoms with Gasteiger partial charge in [-0.15, -0.1) is 11.3 Å². The Morgan fingerprint density at radius 2 is 2.19 bits per heavy atom. The van der Waals surface area contributed by atoms with E-state index < -0.39 is 0 Å². The average Bonchev–Trinajstić information content (AvgIpc) is 2.65. The van der Waals surface area contributed by atoms with Crippen molar-refractivity contribution < 1.29 is 0 Å². The maximum Gasteiger partial charge on any atom is 0.0701 e. The molecule has 1 atom stereocenters. The molecule has 0 bridgehead atoms. The van der Waals surface area contributed by atoms with E-state index in [1.807, 2.05) is 11.3 Å². The highest BCUT2D eigenvalue weighted by atomic mass is 79.9. The Balaban J connectivity index is 2.06. The van der Waals surface area contributed by atoms with E-state index in [2.05, 4.69) is 47.2 Å². The van der Waals surface area contributed by atoms with Gasteiger partial charge in [0.25, 0.3) is 0 Å². The Morgan fingerprint density at radius 3 is 2.81 bits per heavy atom. The van der Waals surface area contributed by atoms with Crippen molar-refractivity contribution in [1.82, 2.24) is 5.32 Å². The van der Waals surface area contributed by atoms with Gasteiger partial charge in [0.2, 0.25) is 0 Å². The van der Waals surface area contributed by atoms with E-state index in [0.717, 1.165) is 13.0 Å². The maximum absolute atomic E-state index is 3.59. The molecule has 1 nitrogen and oxygen atoms in total. The van der Waals surface area contributed by atoms with Crippen LogP contribution in [0, 0.1) is 0 Å². The van der Waals surface area contributed by atoms with Gasteiger partial charge in [0.1, 0.15) is 0 Å². The van der Waals surface area contributed by atoms with Crippen molar-refractivity contribution >= 4 is 27.3 Å². The number of halogens is 1. The van der Waals surface area contributed by atoms with Crippen molar-refractivity contribution in [3.63, 3.8) is 0 Å². The first kappa shape index (κ1) is 14.2. The van der Waals surface area contributed by atoms with E-state index in [1.54, 1.807) is 0 Å². The summed E-state index contributed by atoms with van der Waals surface area (Å²) in [6.45, 7) is 5.65. The average molecular weight is 304 g/mol. The minimum Gasteiger partial charge on any atom is -0.314 e. The van der Waals surface area contributed by atoms with Gasteiger partial charge < -0.3 is 5.32 Å². The molecule has 0 spiro atoms. The van der Waals surface area contributed by atoms with Crippen LogP contribution in [0.15, 0.2) is 15.9 Å². The SMILES string of the molecule is CCCCCC(C)NCCc1ccc(Br)s1. The third kappa shape index (κ3) is 6.02. The topological polar surface area (TPSA) is 12.0 Å². The molecule has 1 rings (SSSR count). The molecule has 0 saturated heterocycles. The van der Waals surface area contributed by atoms with E-state index in [0.29, 0.717) is 6.04 Å². The first-order valence-corrected chi connectivity index (χ1v) is 7.81. The van der Waals surface area contributed by atoms with Gasteiger partial charge in [0.05, 0.1) is 3.79 Å². The first-order valence-electron chi connectivity index (χ1n) is 6.20. The van der Waals surface area contributed by atoms with Crippen molar-refractivity contribution in [3.05, 3.63) is 20.8 Å². The van der Waals surface area contributed by atoms with Crippen molar-refractivity contribution in [1.29, 1.82) is 0 Å². The van der Waals surface area contributed by atoms with Crippen LogP contribution >= 0.6 is 27.3 Å². The fraction of sp³-hybridized carbons (Fsp3) is 0.692. The van der Waals surface area contributed by atoms with Crippen molar-refractivity contribution in [2.24, 2.45) is 0 Å². The van der Waals surface area contributed by atoms with E-state index in [4.69, 9.17) is 0 Å². The number of hydrogen-bond acceptors (Lipinski definition) is 2. The summed E-state index contributed by atoms with van der Waals surface area (Å²) in [5.74, 6) is 0. The van der Waals surface area contributed by atoms with Crippen molar-refractivity contribution in [3.8, 4) is 0 Å². The molecule has 3 heteroatoms. The van der Waals surface area contributed by atoms with Crippen LogP contribution in [0.1, 0.15) is 44.4 Å². The second kappa shape index (κ2) is 8.26. The number of unbranched alkanes of at least 4 members (excludes halogenated alkanes) is 2. The van der Waals surface area contributed by atoms with Crippen LogP contribution in [0.25, 0.3) is 0 Å². The van der Waals surface area contributed by atoms with Gasteiger partial charge in [-0.3, -0.25) is 0 Å². The predicted octanol–water partition coefficient (Wildman–Crippen LogP) is 4.61. The largest absolute Gasteiger partial charge is 0.314 e. The molecule has 1 unspecified atom stereocenters. The van der Waals surface area contributed by atoms with E-state index in [-0.39, 0.29) is 0 Å². The lowest BCUT2D eigenvalue weighted by Gasteiger charge is -2.12. The highest BCUT2D eigenvalue weighted by molar-refractivity contribution is 9.11. The molecule has 1 aromatic heterocycles. The van der Waals surface area contributed by atoms with Crippen LogP contribution in [0.2, 0.25) is 0 Å². The molecule has 92 valence electrons. The van der Waals surface area contributed by atoms with Crippen LogP contribution in [0.4, 0.5) is 0 Å². The summed E-state index contributed by atoms with van der Waals surface area (Å²) in [6.07, 6.45) is 6.49. The zero-order valence-electron chi connectivity index (χ0n) is 10.3. The molecule has 0 aliphatic heterocycles. The summed E-state index contributed by atoms with van der Waals surface area (Å²) >= 11 is 5.33. The molecule has 1 heterocycles. The highest BCUT2D eigenvalue weighted by Crippen LogP contribution is 2.22. The lowest BCUT2D eigenvalue weighted by Crippen LogP contribution is -2.27. The quantitative estimate of drug-likeness (QED) is 0.691. The lowest BCUT2D eigenvalue weighted by molar-refractivity contribution is 0.491. The molecule has 0 fully saturated rings. The molecule has 0 aliphatic rings. The first-order chi connectivity index (χ1) is 7.72. The Kier molecular flexibility index (Phi) is 7.33. The van der Waals surface area contributed by atoms with Gasteiger partial charge in [0.15, 0.2) is 0 Å². The second-order valence-electron chi connectivity index (χ2n) is 4.31. The van der Waals surface area contributed by atoms with Crippen LogP contribution < -0.4 is 5.32 Å². The molecule has 0 amide bonds. The molecule has 0 aliphatic carbocycles. The fourth-order valence-corrected chi connectivity index (χ4v) is 3.21. The van der Waals surface area contributed by atoms with E-state index >= 15 is 0 Å². The number of thiophene rings is 1. The van der Waals surface area contributed by atoms with Gasteiger partial charge >= 0.3 is 0 Å². The van der Waals surface area contributed by atoms with Crippen LogP contribution in [-0.4, -0.2) is 12.6 Å². The van der Waals surface area contributed by atoms with Crippen LogP contribution in [0.3, 0.4) is 0 Å². The summed E-state index contributed by atoms with van der Waals surface area (Å²) in [7, 11) is 0. The molecule has 0 saturated carbocycles. The zero-order chi connectivity index (χ0) is 11.8. The monoisotopic (exact) mass is 303 g/mol.